The van der Waals surface area contributed by atoms with Crippen molar-refractivity contribution in [3.8, 4) is 6.07 Å². The van der Waals surface area contributed by atoms with E-state index in [0.717, 1.165) is 12.1 Å². The Bertz CT molecular complexity index is 368. The second kappa shape index (κ2) is 3.68. The highest BCUT2D eigenvalue weighted by Crippen LogP contribution is 2.19. The fourth-order valence-corrected chi connectivity index (χ4v) is 0.901. The van der Waals surface area contributed by atoms with Gasteiger partial charge in [0.1, 0.15) is 11.6 Å². The Balaban J connectivity index is 3.22. The number of rotatable bonds is 1. The highest BCUT2D eigenvalue weighted by atomic mass is 19.1. The molecule has 0 amide bonds. The third kappa shape index (κ3) is 2.03. The summed E-state index contributed by atoms with van der Waals surface area (Å²) in [4.78, 5) is 0. The molecule has 0 unspecified atom stereocenters. The van der Waals surface area contributed by atoms with E-state index in [-0.39, 0.29) is 11.3 Å². The number of nitrogens with zero attached hydrogens (tertiary/aromatic N) is 1. The highest BCUT2D eigenvalue weighted by Gasteiger charge is 2.05. The zero-order valence-corrected chi connectivity index (χ0v) is 6.59. The number of hydrogen-bond acceptors (Lipinski definition) is 2. The van der Waals surface area contributed by atoms with Gasteiger partial charge in [-0.05, 0) is 12.1 Å². The number of halogens is 2. The smallest absolute Gasteiger partial charge is 0.135 e. The Kier molecular flexibility index (Phi) is 2.60. The molecule has 0 spiro atoms. The Labute approximate surface area is 73.9 Å². The molecule has 0 radical (unpaired) electrons. The molecule has 0 aliphatic heterocycles. The van der Waals surface area contributed by atoms with E-state index in [9.17, 15) is 8.78 Å². The van der Waals surface area contributed by atoms with E-state index in [4.69, 9.17) is 11.0 Å². The van der Waals surface area contributed by atoms with Gasteiger partial charge in [0.25, 0.3) is 0 Å². The Morgan fingerprint density at radius 3 is 2.62 bits per heavy atom. The molecular formula is C9H6F2N2. The third-order valence-electron chi connectivity index (χ3n) is 1.45. The van der Waals surface area contributed by atoms with Crippen molar-refractivity contribution in [3.05, 3.63) is 35.4 Å². The standard InChI is InChI=1S/C9H6F2N2/c10-6-4-8(11)7(2-1-3-12)9(13)5-6/h1-2,4-5H,13H2. The average molecular weight is 180 g/mol. The highest BCUT2D eigenvalue weighted by molar-refractivity contribution is 5.66. The summed E-state index contributed by atoms with van der Waals surface area (Å²) in [7, 11) is 0. The normalized spacial score (nSPS) is 10.2. The summed E-state index contributed by atoms with van der Waals surface area (Å²) in [6.07, 6.45) is 2.27. The van der Waals surface area contributed by atoms with Gasteiger partial charge in [0, 0.05) is 23.4 Å². The molecule has 2 N–H and O–H groups in total. The van der Waals surface area contributed by atoms with Gasteiger partial charge < -0.3 is 5.73 Å². The van der Waals surface area contributed by atoms with E-state index in [1.165, 1.54) is 6.08 Å². The van der Waals surface area contributed by atoms with Crippen molar-refractivity contribution in [2.75, 3.05) is 5.73 Å². The third-order valence-corrected chi connectivity index (χ3v) is 1.45. The predicted octanol–water partition coefficient (Wildman–Crippen LogP) is 2.08. The van der Waals surface area contributed by atoms with Crippen LogP contribution in [0.25, 0.3) is 6.08 Å². The van der Waals surface area contributed by atoms with Gasteiger partial charge in [0.15, 0.2) is 0 Å². The second-order valence-electron chi connectivity index (χ2n) is 2.35. The average Bonchev–Trinajstić information content (AvgIpc) is 2.02. The van der Waals surface area contributed by atoms with Crippen molar-refractivity contribution in [3.63, 3.8) is 0 Å². The van der Waals surface area contributed by atoms with E-state index >= 15 is 0 Å². The molecule has 0 aliphatic rings. The van der Waals surface area contributed by atoms with Crippen LogP contribution in [0.1, 0.15) is 5.56 Å². The van der Waals surface area contributed by atoms with Gasteiger partial charge in [-0.1, -0.05) is 0 Å². The van der Waals surface area contributed by atoms with Crippen molar-refractivity contribution in [1.82, 2.24) is 0 Å². The van der Waals surface area contributed by atoms with Crippen molar-refractivity contribution in [2.24, 2.45) is 0 Å². The fraction of sp³-hybridized carbons (Fsp3) is 0. The van der Waals surface area contributed by atoms with Crippen LogP contribution in [0.3, 0.4) is 0 Å². The summed E-state index contributed by atoms with van der Waals surface area (Å²) < 4.78 is 25.5. The van der Waals surface area contributed by atoms with Crippen LogP contribution in [0.4, 0.5) is 14.5 Å². The van der Waals surface area contributed by atoms with E-state index in [0.29, 0.717) is 6.07 Å². The van der Waals surface area contributed by atoms with Gasteiger partial charge in [0.2, 0.25) is 0 Å². The summed E-state index contributed by atoms with van der Waals surface area (Å²) in [6, 6.07) is 3.40. The maximum Gasteiger partial charge on any atom is 0.135 e. The molecule has 0 fully saturated rings. The van der Waals surface area contributed by atoms with Crippen molar-refractivity contribution in [2.45, 2.75) is 0 Å². The van der Waals surface area contributed by atoms with Crippen molar-refractivity contribution in [1.29, 1.82) is 5.26 Å². The van der Waals surface area contributed by atoms with Crippen LogP contribution in [-0.2, 0) is 0 Å². The van der Waals surface area contributed by atoms with Gasteiger partial charge in [-0.2, -0.15) is 5.26 Å². The van der Waals surface area contributed by atoms with Crippen LogP contribution >= 0.6 is 0 Å². The minimum atomic E-state index is -0.774. The number of nitrogens with two attached hydrogens (primary N) is 1. The summed E-state index contributed by atoms with van der Waals surface area (Å²) >= 11 is 0. The zero-order valence-electron chi connectivity index (χ0n) is 6.59. The van der Waals surface area contributed by atoms with E-state index in [2.05, 4.69) is 0 Å². The Hall–Kier alpha value is -1.89. The largest absolute Gasteiger partial charge is 0.398 e. The van der Waals surface area contributed by atoms with Gasteiger partial charge in [0.05, 0.1) is 6.07 Å². The first-order valence-corrected chi connectivity index (χ1v) is 3.46. The van der Waals surface area contributed by atoms with Crippen molar-refractivity contribution < 1.29 is 8.78 Å². The van der Waals surface area contributed by atoms with Crippen LogP contribution < -0.4 is 5.73 Å². The number of allylic oxidation sites excluding steroid dienone is 1. The summed E-state index contributed by atoms with van der Waals surface area (Å²) in [5.41, 5.74) is 5.33. The first-order valence-electron chi connectivity index (χ1n) is 3.46. The molecule has 0 heterocycles. The molecule has 2 nitrogen and oxygen atoms in total. The maximum absolute atomic E-state index is 13.0. The molecule has 0 aliphatic carbocycles. The first kappa shape index (κ1) is 9.20. The minimum absolute atomic E-state index is 0.0241. The molecule has 1 aromatic carbocycles. The van der Waals surface area contributed by atoms with Gasteiger partial charge in [-0.3, -0.25) is 0 Å². The quantitative estimate of drug-likeness (QED) is 0.531. The van der Waals surface area contributed by atoms with Crippen LogP contribution in [0, 0.1) is 23.0 Å². The molecule has 13 heavy (non-hydrogen) atoms. The van der Waals surface area contributed by atoms with E-state index in [1.807, 2.05) is 0 Å². The summed E-state index contributed by atoms with van der Waals surface area (Å²) in [5.74, 6) is -1.51. The molecule has 4 heteroatoms. The fourth-order valence-electron chi connectivity index (χ4n) is 0.901. The molecule has 0 saturated carbocycles. The Morgan fingerprint density at radius 1 is 1.38 bits per heavy atom. The molecular weight excluding hydrogens is 174 g/mol. The van der Waals surface area contributed by atoms with Crippen LogP contribution in [0.2, 0.25) is 0 Å². The van der Waals surface area contributed by atoms with Gasteiger partial charge in [-0.15, -0.1) is 0 Å². The van der Waals surface area contributed by atoms with Gasteiger partial charge in [-0.25, -0.2) is 8.78 Å². The number of nitriles is 1. The van der Waals surface area contributed by atoms with Crippen LogP contribution in [0.5, 0.6) is 0 Å². The van der Waals surface area contributed by atoms with Crippen LogP contribution in [0.15, 0.2) is 18.2 Å². The molecule has 0 aromatic heterocycles. The molecule has 0 atom stereocenters. The number of nitrogen functional groups attached to an aromatic ring is 1. The molecule has 1 rings (SSSR count). The number of benzene rings is 1. The summed E-state index contributed by atoms with van der Waals surface area (Å²) in [5, 5.41) is 8.19. The topological polar surface area (TPSA) is 49.8 Å². The lowest BCUT2D eigenvalue weighted by atomic mass is 10.1. The molecule has 0 saturated heterocycles. The zero-order chi connectivity index (χ0) is 9.84. The van der Waals surface area contributed by atoms with Crippen molar-refractivity contribution >= 4 is 11.8 Å². The van der Waals surface area contributed by atoms with Gasteiger partial charge >= 0.3 is 0 Å². The first-order chi connectivity index (χ1) is 6.15. The number of hydrogen-bond donors (Lipinski definition) is 1. The van der Waals surface area contributed by atoms with E-state index in [1.54, 1.807) is 6.07 Å². The minimum Gasteiger partial charge on any atom is -0.398 e. The monoisotopic (exact) mass is 180 g/mol. The summed E-state index contributed by atoms with van der Waals surface area (Å²) in [6.45, 7) is 0. The SMILES string of the molecule is N#CC=Cc1c(N)cc(F)cc1F. The second-order valence-corrected chi connectivity index (χ2v) is 2.35. The molecule has 1 aromatic rings. The lowest BCUT2D eigenvalue weighted by molar-refractivity contribution is 0.583. The van der Waals surface area contributed by atoms with Crippen LogP contribution in [-0.4, -0.2) is 0 Å². The number of anilines is 1. The van der Waals surface area contributed by atoms with E-state index < -0.39 is 11.6 Å². The molecule has 0 bridgehead atoms. The lowest BCUT2D eigenvalue weighted by Gasteiger charge is -2.01. The lowest BCUT2D eigenvalue weighted by Crippen LogP contribution is -1.94. The maximum atomic E-state index is 13.0. The molecule has 66 valence electrons. The predicted molar refractivity (Wildman–Crippen MR) is 45.4 cm³/mol. The Morgan fingerprint density at radius 2 is 2.08 bits per heavy atom.